The molecule has 2 rings (SSSR count). The lowest BCUT2D eigenvalue weighted by atomic mass is 10.2. The molecule has 106 valence electrons. The zero-order chi connectivity index (χ0) is 14.6. The van der Waals surface area contributed by atoms with Gasteiger partial charge in [0.1, 0.15) is 0 Å². The normalized spacial score (nSPS) is 11.3. The van der Waals surface area contributed by atoms with Crippen molar-refractivity contribution in [3.8, 4) is 0 Å². The zero-order valence-corrected chi connectivity index (χ0v) is 13.5. The van der Waals surface area contributed by atoms with Crippen LogP contribution in [0.4, 0.5) is 5.69 Å². The van der Waals surface area contributed by atoms with Crippen LogP contribution in [0.5, 0.6) is 0 Å². The molecular weight excluding hydrogens is 338 g/mol. The first-order chi connectivity index (χ1) is 9.49. The third-order valence-electron chi connectivity index (χ3n) is 3.00. The Hall–Kier alpha value is -1.33. The monoisotopic (exact) mass is 353 g/mol. The summed E-state index contributed by atoms with van der Waals surface area (Å²) in [5.41, 5.74) is 2.08. The third kappa shape index (κ3) is 3.84. The predicted molar refractivity (Wildman–Crippen MR) is 85.9 cm³/mol. The Morgan fingerprint density at radius 2 is 1.70 bits per heavy atom. The van der Waals surface area contributed by atoms with Gasteiger partial charge in [0.25, 0.3) is 0 Å². The predicted octanol–water partition coefficient (Wildman–Crippen LogP) is 3.64. The van der Waals surface area contributed by atoms with Gasteiger partial charge in [-0.3, -0.25) is 0 Å². The van der Waals surface area contributed by atoms with Crippen molar-refractivity contribution >= 4 is 31.5 Å². The fourth-order valence-corrected chi connectivity index (χ4v) is 3.27. The second kappa shape index (κ2) is 6.41. The minimum absolute atomic E-state index is 0.0724. The molecule has 1 N–H and O–H groups in total. The Kier molecular flexibility index (Phi) is 4.83. The summed E-state index contributed by atoms with van der Waals surface area (Å²) in [6.07, 6.45) is 0. The summed E-state index contributed by atoms with van der Waals surface area (Å²) in [6.45, 7) is 2.38. The maximum Gasteiger partial charge on any atom is 0.180 e. The van der Waals surface area contributed by atoms with Crippen LogP contribution in [0.1, 0.15) is 5.56 Å². The maximum atomic E-state index is 12.2. The summed E-state index contributed by atoms with van der Waals surface area (Å²) >= 11 is 3.30. The minimum atomic E-state index is -3.24. The van der Waals surface area contributed by atoms with Gasteiger partial charge in [0.15, 0.2) is 9.84 Å². The zero-order valence-electron chi connectivity index (χ0n) is 11.1. The van der Waals surface area contributed by atoms with Crippen LogP contribution in [0, 0.1) is 6.92 Å². The fourth-order valence-electron chi connectivity index (χ4n) is 1.85. The molecule has 0 aliphatic carbocycles. The van der Waals surface area contributed by atoms with Crippen molar-refractivity contribution in [3.05, 3.63) is 58.6 Å². The average molecular weight is 354 g/mol. The fraction of sp³-hybridized carbons (Fsp3) is 0.200. The number of anilines is 1. The van der Waals surface area contributed by atoms with E-state index in [4.69, 9.17) is 0 Å². The standard InChI is InChI=1S/C15H16BrNO2S/c1-12-4-2-3-5-15(12)17-10-11-20(18,19)14-8-6-13(16)7-9-14/h2-9,17H,10-11H2,1H3. The van der Waals surface area contributed by atoms with Crippen molar-refractivity contribution in [1.82, 2.24) is 0 Å². The van der Waals surface area contributed by atoms with Crippen LogP contribution in [-0.2, 0) is 9.84 Å². The summed E-state index contributed by atoms with van der Waals surface area (Å²) < 4.78 is 25.2. The molecule has 3 nitrogen and oxygen atoms in total. The Morgan fingerprint density at radius 3 is 2.35 bits per heavy atom. The molecule has 5 heteroatoms. The Labute approximate surface area is 128 Å². The van der Waals surface area contributed by atoms with E-state index in [2.05, 4.69) is 21.2 Å². The van der Waals surface area contributed by atoms with Gasteiger partial charge in [0.05, 0.1) is 10.6 Å². The first-order valence-corrected chi connectivity index (χ1v) is 8.71. The highest BCUT2D eigenvalue weighted by Crippen LogP contribution is 2.17. The van der Waals surface area contributed by atoms with E-state index in [-0.39, 0.29) is 5.75 Å². The van der Waals surface area contributed by atoms with Gasteiger partial charge in [-0.2, -0.15) is 0 Å². The molecule has 0 unspecified atom stereocenters. The van der Waals surface area contributed by atoms with Crippen molar-refractivity contribution < 1.29 is 8.42 Å². The summed E-state index contributed by atoms with van der Waals surface area (Å²) in [5, 5.41) is 3.16. The summed E-state index contributed by atoms with van der Waals surface area (Å²) in [6, 6.07) is 14.5. The summed E-state index contributed by atoms with van der Waals surface area (Å²) in [7, 11) is -3.24. The van der Waals surface area contributed by atoms with E-state index in [9.17, 15) is 8.42 Å². The van der Waals surface area contributed by atoms with Crippen LogP contribution in [0.15, 0.2) is 57.9 Å². The Balaban J connectivity index is 2.00. The highest BCUT2D eigenvalue weighted by Gasteiger charge is 2.13. The van der Waals surface area contributed by atoms with Crippen molar-refractivity contribution in [2.45, 2.75) is 11.8 Å². The second-order valence-corrected chi connectivity index (χ2v) is 7.54. The number of para-hydroxylation sites is 1. The molecule has 0 saturated carbocycles. The van der Waals surface area contributed by atoms with Crippen molar-refractivity contribution in [1.29, 1.82) is 0 Å². The molecule has 0 heterocycles. The average Bonchev–Trinajstić information content (AvgIpc) is 2.41. The molecule has 0 atom stereocenters. The first kappa shape index (κ1) is 15.1. The summed E-state index contributed by atoms with van der Waals surface area (Å²) in [5.74, 6) is 0.0724. The smallest absolute Gasteiger partial charge is 0.180 e. The van der Waals surface area contributed by atoms with Gasteiger partial charge in [0, 0.05) is 16.7 Å². The molecule has 0 aliphatic heterocycles. The summed E-state index contributed by atoms with van der Waals surface area (Å²) in [4.78, 5) is 0.354. The van der Waals surface area contributed by atoms with Gasteiger partial charge < -0.3 is 5.32 Å². The molecule has 20 heavy (non-hydrogen) atoms. The molecule has 0 radical (unpaired) electrons. The Morgan fingerprint density at radius 1 is 1.05 bits per heavy atom. The molecule has 2 aromatic carbocycles. The maximum absolute atomic E-state index is 12.2. The lowest BCUT2D eigenvalue weighted by molar-refractivity contribution is 0.596. The van der Waals surface area contributed by atoms with Crippen molar-refractivity contribution in [2.24, 2.45) is 0 Å². The molecule has 0 amide bonds. The van der Waals surface area contributed by atoms with Gasteiger partial charge >= 0.3 is 0 Å². The number of sulfone groups is 1. The molecule has 0 saturated heterocycles. The molecule has 0 bridgehead atoms. The SMILES string of the molecule is Cc1ccccc1NCCS(=O)(=O)c1ccc(Br)cc1. The van der Waals surface area contributed by atoms with Gasteiger partial charge in [-0.25, -0.2) is 8.42 Å². The quantitative estimate of drug-likeness (QED) is 0.892. The lowest BCUT2D eigenvalue weighted by Crippen LogP contribution is -2.16. The number of hydrogen-bond donors (Lipinski definition) is 1. The number of halogens is 1. The molecule has 2 aromatic rings. The van der Waals surface area contributed by atoms with Crippen LogP contribution < -0.4 is 5.32 Å². The second-order valence-electron chi connectivity index (χ2n) is 4.51. The molecule has 0 aliphatic rings. The van der Waals surface area contributed by atoms with Gasteiger partial charge in [0.2, 0.25) is 0 Å². The van der Waals surface area contributed by atoms with Crippen LogP contribution in [0.25, 0.3) is 0 Å². The number of rotatable bonds is 5. The van der Waals surface area contributed by atoms with E-state index in [1.165, 1.54) is 0 Å². The highest BCUT2D eigenvalue weighted by atomic mass is 79.9. The third-order valence-corrected chi connectivity index (χ3v) is 5.26. The number of benzene rings is 2. The molecule has 0 spiro atoms. The van der Waals surface area contributed by atoms with E-state index in [0.717, 1.165) is 15.7 Å². The van der Waals surface area contributed by atoms with E-state index < -0.39 is 9.84 Å². The van der Waals surface area contributed by atoms with E-state index in [1.54, 1.807) is 24.3 Å². The van der Waals surface area contributed by atoms with Gasteiger partial charge in [-0.05, 0) is 42.8 Å². The minimum Gasteiger partial charge on any atom is -0.384 e. The van der Waals surface area contributed by atoms with E-state index in [1.807, 2.05) is 31.2 Å². The van der Waals surface area contributed by atoms with Crippen LogP contribution in [-0.4, -0.2) is 20.7 Å². The largest absolute Gasteiger partial charge is 0.384 e. The molecule has 0 fully saturated rings. The number of aryl methyl sites for hydroxylation is 1. The van der Waals surface area contributed by atoms with Crippen LogP contribution in [0.2, 0.25) is 0 Å². The number of nitrogens with one attached hydrogen (secondary N) is 1. The molecule has 0 aromatic heterocycles. The Bertz CT molecular complexity index is 681. The van der Waals surface area contributed by atoms with E-state index >= 15 is 0 Å². The van der Waals surface area contributed by atoms with Crippen molar-refractivity contribution in [3.63, 3.8) is 0 Å². The van der Waals surface area contributed by atoms with Gasteiger partial charge in [-0.1, -0.05) is 34.1 Å². The van der Waals surface area contributed by atoms with Gasteiger partial charge in [-0.15, -0.1) is 0 Å². The van der Waals surface area contributed by atoms with Crippen molar-refractivity contribution in [2.75, 3.05) is 17.6 Å². The number of hydrogen-bond acceptors (Lipinski definition) is 3. The topological polar surface area (TPSA) is 46.2 Å². The lowest BCUT2D eigenvalue weighted by Gasteiger charge is -2.09. The first-order valence-electron chi connectivity index (χ1n) is 6.27. The molecular formula is C15H16BrNO2S. The highest BCUT2D eigenvalue weighted by molar-refractivity contribution is 9.10. The van der Waals surface area contributed by atoms with E-state index in [0.29, 0.717) is 11.4 Å². The van der Waals surface area contributed by atoms with Crippen LogP contribution >= 0.6 is 15.9 Å². The van der Waals surface area contributed by atoms with Crippen LogP contribution in [0.3, 0.4) is 0 Å².